The fraction of sp³-hybridized carbons (Fsp3) is 0.462. The maximum absolute atomic E-state index is 5.55. The summed E-state index contributed by atoms with van der Waals surface area (Å²) < 4.78 is 0. The molecule has 0 bridgehead atoms. The summed E-state index contributed by atoms with van der Waals surface area (Å²) in [4.78, 5) is 0.457. The van der Waals surface area contributed by atoms with Crippen LogP contribution in [0.15, 0.2) is 24.3 Å². The van der Waals surface area contributed by atoms with Crippen molar-refractivity contribution >= 4 is 22.9 Å². The Hall–Kier alpha value is -1.09. The predicted octanol–water partition coefficient (Wildman–Crippen LogP) is 2.92. The van der Waals surface area contributed by atoms with Crippen molar-refractivity contribution in [1.29, 1.82) is 0 Å². The van der Waals surface area contributed by atoms with Crippen LogP contribution in [-0.4, -0.2) is 11.5 Å². The molecule has 2 rings (SSSR count). The number of hydrogen-bond donors (Lipinski definition) is 2. The topological polar surface area (TPSA) is 38.0 Å². The van der Waals surface area contributed by atoms with Crippen LogP contribution in [0.3, 0.4) is 0 Å². The van der Waals surface area contributed by atoms with Gasteiger partial charge < -0.3 is 11.1 Å². The Morgan fingerprint density at radius 3 is 2.44 bits per heavy atom. The second-order valence-electron chi connectivity index (χ2n) is 4.65. The van der Waals surface area contributed by atoms with Crippen molar-refractivity contribution in [2.45, 2.75) is 26.2 Å². The van der Waals surface area contributed by atoms with E-state index in [1.54, 1.807) is 0 Å². The average Bonchev–Trinajstić information content (AvgIpc) is 3.08. The highest BCUT2D eigenvalue weighted by molar-refractivity contribution is 7.80. The Balaban J connectivity index is 1.93. The van der Waals surface area contributed by atoms with Crippen molar-refractivity contribution in [3.05, 3.63) is 29.8 Å². The number of anilines is 1. The first kappa shape index (κ1) is 11.4. The van der Waals surface area contributed by atoms with Crippen LogP contribution in [0.25, 0.3) is 0 Å². The van der Waals surface area contributed by atoms with Crippen LogP contribution in [0.1, 0.15) is 31.7 Å². The number of hydrogen-bond acceptors (Lipinski definition) is 2. The minimum absolute atomic E-state index is 0.457. The van der Waals surface area contributed by atoms with Gasteiger partial charge in [-0.3, -0.25) is 0 Å². The maximum Gasteiger partial charge on any atom is 0.103 e. The quantitative estimate of drug-likeness (QED) is 0.769. The molecule has 0 aromatic heterocycles. The average molecular weight is 234 g/mol. The third kappa shape index (κ3) is 2.53. The number of nitrogens with one attached hydrogen (secondary N) is 1. The van der Waals surface area contributed by atoms with Gasteiger partial charge in [0, 0.05) is 17.8 Å². The van der Waals surface area contributed by atoms with E-state index in [9.17, 15) is 0 Å². The first-order valence-electron chi connectivity index (χ1n) is 5.79. The minimum Gasteiger partial charge on any atom is -0.389 e. The van der Waals surface area contributed by atoms with Crippen LogP contribution < -0.4 is 11.1 Å². The number of benzene rings is 1. The number of rotatable bonds is 5. The largest absolute Gasteiger partial charge is 0.389 e. The van der Waals surface area contributed by atoms with Gasteiger partial charge in [-0.15, -0.1) is 0 Å². The van der Waals surface area contributed by atoms with E-state index in [1.165, 1.54) is 19.3 Å². The van der Waals surface area contributed by atoms with Crippen LogP contribution in [0.4, 0.5) is 5.69 Å². The number of nitrogens with two attached hydrogens (primary N) is 1. The zero-order chi connectivity index (χ0) is 11.6. The monoisotopic (exact) mass is 234 g/mol. The Bertz CT molecular complexity index is 379. The van der Waals surface area contributed by atoms with Gasteiger partial charge in [0.25, 0.3) is 0 Å². The summed E-state index contributed by atoms with van der Waals surface area (Å²) in [6, 6.07) is 8.02. The van der Waals surface area contributed by atoms with E-state index in [0.717, 1.165) is 17.8 Å². The molecule has 0 amide bonds. The summed E-state index contributed by atoms with van der Waals surface area (Å²) >= 11 is 4.92. The van der Waals surface area contributed by atoms with Crippen LogP contribution >= 0.6 is 12.2 Å². The zero-order valence-electron chi connectivity index (χ0n) is 9.62. The van der Waals surface area contributed by atoms with Gasteiger partial charge in [-0.05, 0) is 48.9 Å². The molecular formula is C13H18N2S. The van der Waals surface area contributed by atoms with E-state index in [1.807, 2.05) is 24.3 Å². The Labute approximate surface area is 102 Å². The molecule has 1 aromatic rings. The maximum atomic E-state index is 5.55. The Kier molecular flexibility index (Phi) is 3.15. The molecule has 3 N–H and O–H groups in total. The molecule has 0 atom stereocenters. The van der Waals surface area contributed by atoms with Crippen molar-refractivity contribution in [2.24, 2.45) is 11.1 Å². The lowest BCUT2D eigenvalue weighted by atomic mass is 10.0. The molecule has 1 aliphatic carbocycles. The smallest absolute Gasteiger partial charge is 0.103 e. The van der Waals surface area contributed by atoms with E-state index >= 15 is 0 Å². The van der Waals surface area contributed by atoms with Crippen LogP contribution in [0, 0.1) is 5.41 Å². The molecule has 3 heteroatoms. The molecular weight excluding hydrogens is 216 g/mol. The summed E-state index contributed by atoms with van der Waals surface area (Å²) in [6.45, 7) is 3.35. The highest BCUT2D eigenvalue weighted by atomic mass is 32.1. The van der Waals surface area contributed by atoms with E-state index in [0.29, 0.717) is 10.4 Å². The van der Waals surface area contributed by atoms with Gasteiger partial charge in [-0.1, -0.05) is 19.1 Å². The van der Waals surface area contributed by atoms with Gasteiger partial charge in [0.15, 0.2) is 0 Å². The summed E-state index contributed by atoms with van der Waals surface area (Å²) in [7, 11) is 0. The lowest BCUT2D eigenvalue weighted by Crippen LogP contribution is -2.14. The second-order valence-corrected chi connectivity index (χ2v) is 5.09. The molecule has 86 valence electrons. The Morgan fingerprint density at radius 1 is 1.38 bits per heavy atom. The molecule has 1 fully saturated rings. The van der Waals surface area contributed by atoms with Gasteiger partial charge in [-0.2, -0.15) is 0 Å². The molecule has 0 aliphatic heterocycles. The van der Waals surface area contributed by atoms with Gasteiger partial charge >= 0.3 is 0 Å². The van der Waals surface area contributed by atoms with Gasteiger partial charge in [-0.25, -0.2) is 0 Å². The molecule has 0 heterocycles. The fourth-order valence-electron chi connectivity index (χ4n) is 1.87. The Morgan fingerprint density at radius 2 is 2.00 bits per heavy atom. The van der Waals surface area contributed by atoms with E-state index in [4.69, 9.17) is 18.0 Å². The van der Waals surface area contributed by atoms with Crippen LogP contribution in [0.5, 0.6) is 0 Å². The van der Waals surface area contributed by atoms with Crippen molar-refractivity contribution < 1.29 is 0 Å². The first-order valence-corrected chi connectivity index (χ1v) is 6.20. The van der Waals surface area contributed by atoms with Crippen molar-refractivity contribution in [3.63, 3.8) is 0 Å². The number of thiocarbonyl (C=S) groups is 1. The molecule has 1 aromatic carbocycles. The third-order valence-corrected chi connectivity index (χ3v) is 3.78. The lowest BCUT2D eigenvalue weighted by Gasteiger charge is -2.14. The summed E-state index contributed by atoms with van der Waals surface area (Å²) in [5, 5.41) is 3.48. The van der Waals surface area contributed by atoms with E-state index in [-0.39, 0.29) is 0 Å². The SMILES string of the molecule is CCC1(CNc2ccc(C(N)=S)cc2)CC1. The lowest BCUT2D eigenvalue weighted by molar-refractivity contribution is 0.521. The molecule has 2 nitrogen and oxygen atoms in total. The molecule has 1 aliphatic rings. The normalized spacial score (nSPS) is 16.8. The highest BCUT2D eigenvalue weighted by Gasteiger charge is 2.40. The molecule has 0 spiro atoms. The molecule has 16 heavy (non-hydrogen) atoms. The molecule has 1 saturated carbocycles. The fourth-order valence-corrected chi connectivity index (χ4v) is 2.01. The van der Waals surface area contributed by atoms with E-state index in [2.05, 4.69) is 12.2 Å². The zero-order valence-corrected chi connectivity index (χ0v) is 10.4. The summed E-state index contributed by atoms with van der Waals surface area (Å²) in [5.41, 5.74) is 8.20. The standard InChI is InChI=1S/C13H18N2S/c1-2-13(7-8-13)9-15-11-5-3-10(4-6-11)12(14)16/h3-6,15H,2,7-9H2,1H3,(H2,14,16). The van der Waals surface area contributed by atoms with Gasteiger partial charge in [0.1, 0.15) is 4.99 Å². The third-order valence-electron chi connectivity index (χ3n) is 3.54. The van der Waals surface area contributed by atoms with Gasteiger partial charge in [0.2, 0.25) is 0 Å². The van der Waals surface area contributed by atoms with E-state index < -0.39 is 0 Å². The summed E-state index contributed by atoms with van der Waals surface area (Å²) in [6.07, 6.45) is 3.99. The van der Waals surface area contributed by atoms with Crippen molar-refractivity contribution in [3.8, 4) is 0 Å². The summed E-state index contributed by atoms with van der Waals surface area (Å²) in [5.74, 6) is 0. The van der Waals surface area contributed by atoms with Crippen molar-refractivity contribution in [2.75, 3.05) is 11.9 Å². The van der Waals surface area contributed by atoms with Crippen molar-refractivity contribution in [1.82, 2.24) is 0 Å². The highest BCUT2D eigenvalue weighted by Crippen LogP contribution is 2.48. The molecule has 0 saturated heterocycles. The molecule has 0 unspecified atom stereocenters. The second kappa shape index (κ2) is 4.42. The van der Waals surface area contributed by atoms with Crippen LogP contribution in [0.2, 0.25) is 0 Å². The first-order chi connectivity index (χ1) is 7.65. The van der Waals surface area contributed by atoms with Crippen LogP contribution in [-0.2, 0) is 0 Å². The minimum atomic E-state index is 0.457. The van der Waals surface area contributed by atoms with Gasteiger partial charge in [0.05, 0.1) is 0 Å². The molecule has 0 radical (unpaired) electrons. The predicted molar refractivity (Wildman–Crippen MR) is 72.8 cm³/mol.